The van der Waals surface area contributed by atoms with Gasteiger partial charge in [-0.15, -0.1) is 0 Å². The summed E-state index contributed by atoms with van der Waals surface area (Å²) < 4.78 is 11.5. The van der Waals surface area contributed by atoms with Crippen LogP contribution in [0.3, 0.4) is 0 Å². The molecule has 3 aromatic carbocycles. The van der Waals surface area contributed by atoms with Gasteiger partial charge >= 0.3 is 5.97 Å². The van der Waals surface area contributed by atoms with E-state index in [1.165, 1.54) is 0 Å². The predicted octanol–water partition coefficient (Wildman–Crippen LogP) is 5.89. The lowest BCUT2D eigenvalue weighted by Crippen LogP contribution is -2.05. The number of methoxy groups -OCH3 is 1. The SMILES string of the molecule is COc1cccc(CNc2ccc(C(=O)O)cc2)c1OCc1ccc(Cl)c(Cl)c1. The van der Waals surface area contributed by atoms with Crippen LogP contribution in [0.25, 0.3) is 0 Å². The molecular weight excluding hydrogens is 413 g/mol. The molecule has 5 nitrogen and oxygen atoms in total. The Kier molecular flexibility index (Phi) is 6.86. The quantitative estimate of drug-likeness (QED) is 0.465. The molecule has 0 amide bonds. The number of nitrogens with one attached hydrogen (secondary N) is 1. The molecule has 0 unspecified atom stereocenters. The van der Waals surface area contributed by atoms with Gasteiger partial charge in [0.15, 0.2) is 11.5 Å². The summed E-state index contributed by atoms with van der Waals surface area (Å²) in [4.78, 5) is 11.0. The second-order valence-electron chi connectivity index (χ2n) is 6.22. The lowest BCUT2D eigenvalue weighted by atomic mass is 10.1. The van der Waals surface area contributed by atoms with Crippen LogP contribution < -0.4 is 14.8 Å². The number of benzene rings is 3. The van der Waals surface area contributed by atoms with Crippen LogP contribution in [-0.4, -0.2) is 18.2 Å². The topological polar surface area (TPSA) is 67.8 Å². The van der Waals surface area contributed by atoms with E-state index in [0.717, 1.165) is 16.8 Å². The van der Waals surface area contributed by atoms with Crippen LogP contribution in [0, 0.1) is 0 Å². The van der Waals surface area contributed by atoms with Crippen LogP contribution in [0.2, 0.25) is 10.0 Å². The van der Waals surface area contributed by atoms with Crippen LogP contribution in [-0.2, 0) is 13.2 Å². The Hall–Kier alpha value is -2.89. The van der Waals surface area contributed by atoms with Crippen LogP contribution in [0.15, 0.2) is 60.7 Å². The van der Waals surface area contributed by atoms with E-state index in [-0.39, 0.29) is 5.56 Å². The Morgan fingerprint density at radius 3 is 2.45 bits per heavy atom. The van der Waals surface area contributed by atoms with Crippen molar-refractivity contribution in [2.75, 3.05) is 12.4 Å². The van der Waals surface area contributed by atoms with Crippen molar-refractivity contribution < 1.29 is 19.4 Å². The molecular formula is C22H19Cl2NO4. The van der Waals surface area contributed by atoms with E-state index < -0.39 is 5.97 Å². The maximum absolute atomic E-state index is 11.0. The minimum Gasteiger partial charge on any atom is -0.493 e. The van der Waals surface area contributed by atoms with E-state index >= 15 is 0 Å². The third-order valence-corrected chi connectivity index (χ3v) is 5.00. The number of hydrogen-bond acceptors (Lipinski definition) is 4. The van der Waals surface area contributed by atoms with Gasteiger partial charge in [-0.25, -0.2) is 4.79 Å². The first-order valence-corrected chi connectivity index (χ1v) is 9.53. The summed E-state index contributed by atoms with van der Waals surface area (Å²) in [5.74, 6) is 0.281. The van der Waals surface area contributed by atoms with Gasteiger partial charge in [-0.1, -0.05) is 41.4 Å². The molecule has 0 bridgehead atoms. The Labute approximate surface area is 178 Å². The van der Waals surface area contributed by atoms with E-state index in [9.17, 15) is 4.79 Å². The smallest absolute Gasteiger partial charge is 0.335 e. The number of para-hydroxylation sites is 1. The molecule has 0 saturated carbocycles. The van der Waals surface area contributed by atoms with Crippen molar-refractivity contribution >= 4 is 34.9 Å². The lowest BCUT2D eigenvalue weighted by molar-refractivity contribution is 0.0697. The van der Waals surface area contributed by atoms with Crippen LogP contribution in [0.1, 0.15) is 21.5 Å². The van der Waals surface area contributed by atoms with E-state index in [4.69, 9.17) is 37.8 Å². The molecule has 0 fully saturated rings. The number of aromatic carboxylic acids is 1. The zero-order chi connectivity index (χ0) is 20.8. The van der Waals surface area contributed by atoms with Gasteiger partial charge in [0.2, 0.25) is 0 Å². The highest BCUT2D eigenvalue weighted by atomic mass is 35.5. The zero-order valence-corrected chi connectivity index (χ0v) is 17.1. The van der Waals surface area contributed by atoms with Crippen molar-refractivity contribution in [3.63, 3.8) is 0 Å². The molecule has 0 heterocycles. The molecule has 150 valence electrons. The second kappa shape index (κ2) is 9.54. The minimum atomic E-state index is -0.956. The first-order valence-electron chi connectivity index (χ1n) is 8.77. The molecule has 0 saturated heterocycles. The van der Waals surface area contributed by atoms with E-state index in [0.29, 0.717) is 34.7 Å². The Bertz CT molecular complexity index is 1010. The molecule has 3 aromatic rings. The van der Waals surface area contributed by atoms with Crippen molar-refractivity contribution in [3.05, 3.63) is 87.4 Å². The monoisotopic (exact) mass is 431 g/mol. The Balaban J connectivity index is 1.74. The average molecular weight is 432 g/mol. The normalized spacial score (nSPS) is 10.4. The molecule has 0 aliphatic carbocycles. The molecule has 0 radical (unpaired) electrons. The number of hydrogen-bond donors (Lipinski definition) is 2. The summed E-state index contributed by atoms with van der Waals surface area (Å²) in [6.07, 6.45) is 0. The van der Waals surface area contributed by atoms with Crippen LogP contribution in [0.5, 0.6) is 11.5 Å². The molecule has 0 aromatic heterocycles. The summed E-state index contributed by atoms with van der Waals surface area (Å²) in [7, 11) is 1.59. The number of halogens is 2. The summed E-state index contributed by atoms with van der Waals surface area (Å²) in [5.41, 5.74) is 2.82. The Morgan fingerprint density at radius 1 is 1.03 bits per heavy atom. The number of anilines is 1. The third-order valence-electron chi connectivity index (χ3n) is 4.26. The van der Waals surface area contributed by atoms with Crippen molar-refractivity contribution in [2.45, 2.75) is 13.2 Å². The fourth-order valence-corrected chi connectivity index (χ4v) is 3.06. The summed E-state index contributed by atoms with van der Waals surface area (Å²) in [6.45, 7) is 0.776. The molecule has 3 rings (SSSR count). The van der Waals surface area contributed by atoms with Gasteiger partial charge in [-0.3, -0.25) is 0 Å². The van der Waals surface area contributed by atoms with Crippen LogP contribution in [0.4, 0.5) is 5.69 Å². The van der Waals surface area contributed by atoms with E-state index in [1.54, 1.807) is 43.5 Å². The summed E-state index contributed by atoms with van der Waals surface area (Å²) >= 11 is 12.0. The standard InChI is InChI=1S/C22H19Cl2NO4/c1-28-20-4-2-3-16(12-25-17-8-6-15(7-9-17)22(26)27)21(20)29-13-14-5-10-18(23)19(24)11-14/h2-11,25H,12-13H2,1H3,(H,26,27). The second-order valence-corrected chi connectivity index (χ2v) is 7.04. The number of carboxylic acids is 1. The highest BCUT2D eigenvalue weighted by Crippen LogP contribution is 2.33. The molecule has 2 N–H and O–H groups in total. The fourth-order valence-electron chi connectivity index (χ4n) is 2.74. The molecule has 0 spiro atoms. The van der Waals surface area contributed by atoms with Gasteiger partial charge < -0.3 is 19.9 Å². The summed E-state index contributed by atoms with van der Waals surface area (Å²) in [6, 6.07) is 17.5. The highest BCUT2D eigenvalue weighted by Gasteiger charge is 2.12. The molecule has 0 atom stereocenters. The van der Waals surface area contributed by atoms with Crippen molar-refractivity contribution in [3.8, 4) is 11.5 Å². The van der Waals surface area contributed by atoms with Crippen LogP contribution >= 0.6 is 23.2 Å². The summed E-state index contributed by atoms with van der Waals surface area (Å²) in [5, 5.41) is 13.2. The highest BCUT2D eigenvalue weighted by molar-refractivity contribution is 6.42. The average Bonchev–Trinajstić information content (AvgIpc) is 2.73. The largest absolute Gasteiger partial charge is 0.493 e. The van der Waals surface area contributed by atoms with Gasteiger partial charge in [-0.05, 0) is 48.0 Å². The molecule has 29 heavy (non-hydrogen) atoms. The minimum absolute atomic E-state index is 0.238. The fraction of sp³-hybridized carbons (Fsp3) is 0.136. The molecule has 0 aliphatic rings. The van der Waals surface area contributed by atoms with Gasteiger partial charge in [0, 0.05) is 17.8 Å². The molecule has 0 aliphatic heterocycles. The number of rotatable bonds is 8. The lowest BCUT2D eigenvalue weighted by Gasteiger charge is -2.16. The van der Waals surface area contributed by atoms with E-state index in [1.807, 2.05) is 24.3 Å². The maximum atomic E-state index is 11.0. The number of ether oxygens (including phenoxy) is 2. The van der Waals surface area contributed by atoms with Crippen molar-refractivity contribution in [1.29, 1.82) is 0 Å². The van der Waals surface area contributed by atoms with E-state index in [2.05, 4.69) is 5.32 Å². The van der Waals surface area contributed by atoms with Gasteiger partial charge in [0.25, 0.3) is 0 Å². The van der Waals surface area contributed by atoms with Crippen molar-refractivity contribution in [2.24, 2.45) is 0 Å². The number of carbonyl (C=O) groups is 1. The van der Waals surface area contributed by atoms with Gasteiger partial charge in [-0.2, -0.15) is 0 Å². The van der Waals surface area contributed by atoms with Gasteiger partial charge in [0.1, 0.15) is 6.61 Å². The Morgan fingerprint density at radius 2 is 1.79 bits per heavy atom. The van der Waals surface area contributed by atoms with Gasteiger partial charge in [0.05, 0.1) is 22.7 Å². The zero-order valence-electron chi connectivity index (χ0n) is 15.6. The predicted molar refractivity (Wildman–Crippen MR) is 115 cm³/mol. The number of carboxylic acid groups (broad SMARTS) is 1. The third kappa shape index (κ3) is 5.34. The first-order chi connectivity index (χ1) is 14.0. The molecule has 7 heteroatoms. The van der Waals surface area contributed by atoms with Crippen molar-refractivity contribution in [1.82, 2.24) is 0 Å². The maximum Gasteiger partial charge on any atom is 0.335 e. The first kappa shape index (κ1) is 20.8.